The summed E-state index contributed by atoms with van der Waals surface area (Å²) in [7, 11) is -2.24. The Morgan fingerprint density at radius 3 is 2.25 bits per heavy atom. The summed E-state index contributed by atoms with van der Waals surface area (Å²) in [5.41, 5.74) is 5.65. The van der Waals surface area contributed by atoms with E-state index in [1.54, 1.807) is 6.92 Å². The molecular formula is C41H59N5O6Si. The minimum absolute atomic E-state index is 0.107. The van der Waals surface area contributed by atoms with Crippen LogP contribution in [0, 0.1) is 11.3 Å². The summed E-state index contributed by atoms with van der Waals surface area (Å²) in [5.74, 6) is -1.59. The van der Waals surface area contributed by atoms with Gasteiger partial charge < -0.3 is 19.8 Å². The van der Waals surface area contributed by atoms with E-state index in [-0.39, 0.29) is 29.9 Å². The van der Waals surface area contributed by atoms with Gasteiger partial charge in [0.15, 0.2) is 6.10 Å². The number of carbonyl (C=O) groups is 4. The highest BCUT2D eigenvalue weighted by molar-refractivity contribution is 6.77. The maximum atomic E-state index is 14.6. The smallest absolute Gasteiger partial charge is 0.316 e. The third-order valence-electron chi connectivity index (χ3n) is 12.2. The number of pyridine rings is 1. The second kappa shape index (κ2) is 15.6. The lowest BCUT2D eigenvalue weighted by Gasteiger charge is -2.44. The number of cyclic esters (lactones) is 1. The molecule has 3 heterocycles. The van der Waals surface area contributed by atoms with Gasteiger partial charge in [0.05, 0.1) is 22.7 Å². The third kappa shape index (κ3) is 8.10. The molecular weight excluding hydrogens is 687 g/mol. The minimum atomic E-state index is -2.24. The monoisotopic (exact) mass is 745 g/mol. The number of amides is 3. The molecule has 1 aromatic heterocycles. The topological polar surface area (TPSA) is 139 Å². The van der Waals surface area contributed by atoms with Gasteiger partial charge in [-0.15, -0.1) is 0 Å². The van der Waals surface area contributed by atoms with Crippen molar-refractivity contribution < 1.29 is 28.3 Å². The zero-order chi connectivity index (χ0) is 38.2. The number of ether oxygens (including phenoxy) is 1. The zero-order valence-electron chi connectivity index (χ0n) is 32.7. The molecule has 11 nitrogen and oxygen atoms in total. The molecule has 1 spiro atoms. The van der Waals surface area contributed by atoms with Gasteiger partial charge in [-0.2, -0.15) is 0 Å². The van der Waals surface area contributed by atoms with Crippen molar-refractivity contribution in [3.63, 3.8) is 0 Å². The highest BCUT2D eigenvalue weighted by Gasteiger charge is 2.53. The Bertz CT molecular complexity index is 1720. The molecule has 2 saturated carbocycles. The van der Waals surface area contributed by atoms with Gasteiger partial charge in [-0.1, -0.05) is 71.9 Å². The average Bonchev–Trinajstić information content (AvgIpc) is 3.89. The molecule has 2 aliphatic heterocycles. The number of rotatable bonds is 6. The van der Waals surface area contributed by atoms with E-state index in [2.05, 4.69) is 57.6 Å². The fraction of sp³-hybridized carbons (Fsp3) is 0.634. The Labute approximate surface area is 315 Å². The Kier molecular flexibility index (Phi) is 11.5. The van der Waals surface area contributed by atoms with Gasteiger partial charge in [0.25, 0.3) is 11.8 Å². The number of carbonyl (C=O) groups excluding carboxylic acids is 4. The zero-order valence-corrected chi connectivity index (χ0v) is 33.7. The molecule has 4 aliphatic rings. The molecule has 6 atom stereocenters. The predicted molar refractivity (Wildman–Crippen MR) is 208 cm³/mol. The van der Waals surface area contributed by atoms with Crippen LogP contribution in [0.3, 0.4) is 0 Å². The fourth-order valence-corrected chi connectivity index (χ4v) is 14.7. The van der Waals surface area contributed by atoms with Gasteiger partial charge in [0.2, 0.25) is 14.2 Å². The molecule has 5 bridgehead atoms. The van der Waals surface area contributed by atoms with E-state index in [0.29, 0.717) is 61.0 Å². The fourth-order valence-electron chi connectivity index (χ4n) is 9.09. The maximum Gasteiger partial charge on any atom is 0.316 e. The number of hydrogen-bond donors (Lipinski definition) is 3. The molecule has 53 heavy (non-hydrogen) atoms. The van der Waals surface area contributed by atoms with E-state index in [0.717, 1.165) is 29.3 Å². The van der Waals surface area contributed by atoms with Gasteiger partial charge in [-0.25, -0.2) is 5.43 Å². The Balaban J connectivity index is 1.37. The highest BCUT2D eigenvalue weighted by Crippen LogP contribution is 2.49. The molecule has 1 saturated heterocycles. The number of aromatic nitrogens is 1. The first kappa shape index (κ1) is 39.1. The van der Waals surface area contributed by atoms with Crippen LogP contribution in [0.15, 0.2) is 36.4 Å². The van der Waals surface area contributed by atoms with Gasteiger partial charge >= 0.3 is 5.97 Å². The van der Waals surface area contributed by atoms with Gasteiger partial charge in [-0.05, 0) is 93.1 Å². The van der Waals surface area contributed by atoms with Crippen LogP contribution in [0.4, 0.5) is 0 Å². The molecule has 2 aromatic rings. The first-order valence-electron chi connectivity index (χ1n) is 19.8. The van der Waals surface area contributed by atoms with E-state index in [1.165, 1.54) is 5.01 Å². The Morgan fingerprint density at radius 1 is 0.887 bits per heavy atom. The SMILES string of the molecule is CC(C)[Si](OC1CCC2(C=Cc3ccc4ccc(nc4c3)[C@@H](C)NC(=O)[C@@H]3CCCN(N3)C(=O)[C@H](C)NC(=O)[C@H](C3CC3)OC2=O)C1)(C(C)C)C(C)C. The normalized spacial score (nSPS) is 29.3. The second-order valence-electron chi connectivity index (χ2n) is 16.9. The molecule has 3 fully saturated rings. The molecule has 0 radical (unpaired) electrons. The first-order valence-corrected chi connectivity index (χ1v) is 21.9. The number of hydrogen-bond acceptors (Lipinski definition) is 8. The summed E-state index contributed by atoms with van der Waals surface area (Å²) in [6.45, 7) is 17.5. The summed E-state index contributed by atoms with van der Waals surface area (Å²) in [5, 5.41) is 8.30. The highest BCUT2D eigenvalue weighted by atomic mass is 28.4. The van der Waals surface area contributed by atoms with Gasteiger partial charge in [0.1, 0.15) is 12.1 Å². The Hall–Kier alpha value is -3.61. The minimum Gasteiger partial charge on any atom is -0.451 e. The molecule has 6 rings (SSSR count). The van der Waals surface area contributed by atoms with Gasteiger partial charge in [-0.3, -0.25) is 29.2 Å². The molecule has 2 aliphatic carbocycles. The van der Waals surface area contributed by atoms with Crippen LogP contribution in [0.1, 0.15) is 118 Å². The van der Waals surface area contributed by atoms with Crippen molar-refractivity contribution in [3.05, 3.63) is 47.7 Å². The lowest BCUT2D eigenvalue weighted by atomic mass is 9.85. The number of esters is 1. The first-order chi connectivity index (χ1) is 25.1. The number of nitrogens with one attached hydrogen (secondary N) is 3. The summed E-state index contributed by atoms with van der Waals surface area (Å²) in [6.07, 6.45) is 7.23. The third-order valence-corrected chi connectivity index (χ3v) is 18.3. The maximum absolute atomic E-state index is 14.6. The molecule has 288 valence electrons. The van der Waals surface area contributed by atoms with E-state index in [1.807, 2.05) is 49.4 Å². The predicted octanol–water partition coefficient (Wildman–Crippen LogP) is 6.49. The van der Waals surface area contributed by atoms with Crippen molar-refractivity contribution in [2.24, 2.45) is 11.3 Å². The lowest BCUT2D eigenvalue weighted by Crippen LogP contribution is -2.61. The van der Waals surface area contributed by atoms with Crippen molar-refractivity contribution in [2.75, 3.05) is 6.54 Å². The lowest BCUT2D eigenvalue weighted by molar-refractivity contribution is -0.165. The van der Waals surface area contributed by atoms with E-state index in [4.69, 9.17) is 14.1 Å². The standard InChI is InChI=1S/C41H59N5O6Si/c1-24(2)53(25(3)4,26(5)6)52-32-18-20-41(23-32)19-17-29-11-12-30-15-16-33(44-35(30)22-29)27(7)42-37(47)34-10-9-21-46(45-34)39(49)28(8)43-38(48)36(31-13-14-31)51-40(41)50/h11-12,15-17,19,22,24-28,31-32,34,36,45H,9-10,13-14,18,20-21,23H2,1-8H3,(H,42,47)(H,43,48)/t27-,28+,32?,34+,36+,41?/m1/s1. The van der Waals surface area contributed by atoms with Crippen LogP contribution in [0.5, 0.6) is 0 Å². The van der Waals surface area contributed by atoms with E-state index < -0.39 is 43.8 Å². The van der Waals surface area contributed by atoms with Crippen LogP contribution in [0.2, 0.25) is 16.6 Å². The van der Waals surface area contributed by atoms with Crippen LogP contribution in [0.25, 0.3) is 17.0 Å². The molecule has 3 N–H and O–H groups in total. The number of benzene rings is 1. The summed E-state index contributed by atoms with van der Waals surface area (Å²) < 4.78 is 13.5. The Morgan fingerprint density at radius 2 is 1.57 bits per heavy atom. The summed E-state index contributed by atoms with van der Waals surface area (Å²) in [4.78, 5) is 60.4. The van der Waals surface area contributed by atoms with Crippen molar-refractivity contribution in [1.82, 2.24) is 26.1 Å². The summed E-state index contributed by atoms with van der Waals surface area (Å²) >= 11 is 0. The average molecular weight is 746 g/mol. The molecule has 12 heteroatoms. The van der Waals surface area contributed by atoms with Gasteiger partial charge in [0, 0.05) is 24.0 Å². The summed E-state index contributed by atoms with van der Waals surface area (Å²) in [6, 6.07) is 8.04. The van der Waals surface area contributed by atoms with Crippen LogP contribution >= 0.6 is 0 Å². The molecule has 1 aromatic carbocycles. The second-order valence-corrected chi connectivity index (χ2v) is 22.3. The quantitative estimate of drug-likeness (QED) is 0.225. The van der Waals surface area contributed by atoms with Crippen LogP contribution in [-0.2, 0) is 28.3 Å². The van der Waals surface area contributed by atoms with E-state index >= 15 is 0 Å². The van der Waals surface area contributed by atoms with Crippen molar-refractivity contribution in [1.29, 1.82) is 0 Å². The van der Waals surface area contributed by atoms with E-state index in [9.17, 15) is 19.2 Å². The molecule has 2 unspecified atom stereocenters. The van der Waals surface area contributed by atoms with Crippen molar-refractivity contribution in [3.8, 4) is 0 Å². The van der Waals surface area contributed by atoms with Crippen LogP contribution < -0.4 is 16.1 Å². The number of nitrogens with zero attached hydrogens (tertiary/aromatic N) is 2. The largest absolute Gasteiger partial charge is 0.451 e. The van der Waals surface area contributed by atoms with Crippen molar-refractivity contribution in [2.45, 2.75) is 147 Å². The molecule has 3 amide bonds. The number of fused-ring (bicyclic) bond motifs is 4. The van der Waals surface area contributed by atoms with Crippen LogP contribution in [-0.4, -0.2) is 72.8 Å². The number of hydrazine groups is 1. The van der Waals surface area contributed by atoms with Crippen molar-refractivity contribution >= 4 is 49.0 Å².